The second kappa shape index (κ2) is 19.1. The summed E-state index contributed by atoms with van der Waals surface area (Å²) in [7, 11) is 0. The Labute approximate surface area is 505 Å². The molecule has 1 atom stereocenters. The van der Waals surface area contributed by atoms with Crippen LogP contribution in [0.4, 0.5) is 17.1 Å². The summed E-state index contributed by atoms with van der Waals surface area (Å²) in [6.07, 6.45) is 0. The first-order valence-corrected chi connectivity index (χ1v) is 30.2. The Balaban J connectivity index is 0.822. The van der Waals surface area contributed by atoms with Gasteiger partial charge >= 0.3 is 0 Å². The molecule has 3 nitrogen and oxygen atoms in total. The van der Waals surface area contributed by atoms with Crippen molar-refractivity contribution in [2.24, 2.45) is 0 Å². The largest absolute Gasteiger partial charge is 0.310 e. The van der Waals surface area contributed by atoms with E-state index < -0.39 is 5.41 Å². The third kappa shape index (κ3) is 7.30. The van der Waals surface area contributed by atoms with Gasteiger partial charge in [-0.15, -0.1) is 0 Å². The van der Waals surface area contributed by atoms with E-state index in [-0.39, 0.29) is 0 Å². The monoisotopic (exact) mass is 1110 g/mol. The van der Waals surface area contributed by atoms with Crippen molar-refractivity contribution in [1.29, 1.82) is 0 Å². The molecule has 0 saturated heterocycles. The van der Waals surface area contributed by atoms with E-state index in [4.69, 9.17) is 0 Å². The molecule has 0 spiro atoms. The van der Waals surface area contributed by atoms with Crippen LogP contribution in [-0.2, 0) is 5.41 Å². The van der Waals surface area contributed by atoms with Crippen LogP contribution in [0.1, 0.15) is 23.6 Å². The van der Waals surface area contributed by atoms with E-state index in [0.717, 1.165) is 33.9 Å². The van der Waals surface area contributed by atoms with Gasteiger partial charge in [-0.05, 0) is 163 Å². The van der Waals surface area contributed by atoms with Crippen molar-refractivity contribution in [3.05, 3.63) is 332 Å². The van der Waals surface area contributed by atoms with Crippen LogP contribution in [0.15, 0.2) is 315 Å². The molecule has 87 heavy (non-hydrogen) atoms. The van der Waals surface area contributed by atoms with Gasteiger partial charge in [0.2, 0.25) is 0 Å². The molecule has 16 aromatic rings. The predicted molar refractivity (Wildman–Crippen MR) is 365 cm³/mol. The van der Waals surface area contributed by atoms with Gasteiger partial charge in [0.1, 0.15) is 0 Å². The fraction of sp³-hybridized carbons (Fsp3) is 0.0238. The first kappa shape index (κ1) is 49.2. The average Bonchev–Trinajstić information content (AvgIpc) is 1.52. The normalized spacial score (nSPS) is 13.9. The molecular formula is C84H55N3. The first-order chi connectivity index (χ1) is 43.1. The second-order valence-corrected chi connectivity index (χ2v) is 23.6. The molecule has 1 unspecified atom stereocenters. The van der Waals surface area contributed by atoms with E-state index in [1.807, 2.05) is 0 Å². The number of nitrogens with zero attached hydrogens (tertiary/aromatic N) is 3. The lowest BCUT2D eigenvalue weighted by molar-refractivity contribution is 0.718. The van der Waals surface area contributed by atoms with Crippen molar-refractivity contribution in [1.82, 2.24) is 9.13 Å². The van der Waals surface area contributed by atoms with E-state index >= 15 is 0 Å². The van der Waals surface area contributed by atoms with Gasteiger partial charge in [-0.1, -0.05) is 243 Å². The highest BCUT2D eigenvalue weighted by Crippen LogP contribution is 2.63. The summed E-state index contributed by atoms with van der Waals surface area (Å²) in [6.45, 7) is 2.50. The van der Waals surface area contributed by atoms with Crippen LogP contribution in [0.5, 0.6) is 0 Å². The number of fused-ring (bicyclic) bond motifs is 10. The van der Waals surface area contributed by atoms with E-state index in [1.165, 1.54) is 132 Å². The molecule has 0 bridgehead atoms. The molecule has 2 aromatic heterocycles. The predicted octanol–water partition coefficient (Wildman–Crippen LogP) is 22.5. The molecule has 1 aliphatic heterocycles. The Bertz CT molecular complexity index is 5430. The molecule has 2 aliphatic rings. The molecule has 0 amide bonds. The van der Waals surface area contributed by atoms with Gasteiger partial charge < -0.3 is 14.0 Å². The number of hydrogen-bond acceptors (Lipinski definition) is 1. The Morgan fingerprint density at radius 1 is 0.287 bits per heavy atom. The lowest BCUT2D eigenvalue weighted by Crippen LogP contribution is -2.24. The summed E-state index contributed by atoms with van der Waals surface area (Å²) >= 11 is 0. The van der Waals surface area contributed by atoms with E-state index in [0.29, 0.717) is 0 Å². The van der Waals surface area contributed by atoms with Gasteiger partial charge in [0.25, 0.3) is 0 Å². The molecule has 18 rings (SSSR count). The average molecular weight is 1110 g/mol. The van der Waals surface area contributed by atoms with E-state index in [2.05, 4.69) is 336 Å². The van der Waals surface area contributed by atoms with Crippen LogP contribution in [0.2, 0.25) is 0 Å². The van der Waals surface area contributed by atoms with E-state index in [9.17, 15) is 0 Å². The van der Waals surface area contributed by atoms with Gasteiger partial charge in [-0.25, -0.2) is 0 Å². The molecule has 0 radical (unpaired) electrons. The maximum absolute atomic E-state index is 2.57. The quantitative estimate of drug-likeness (QED) is 0.140. The lowest BCUT2D eigenvalue weighted by atomic mass is 9.69. The minimum Gasteiger partial charge on any atom is -0.310 e. The smallest absolute Gasteiger partial charge is 0.0623 e. The molecule has 0 saturated carbocycles. The maximum Gasteiger partial charge on any atom is 0.0623 e. The summed E-state index contributed by atoms with van der Waals surface area (Å²) in [6, 6.07) is 117. The van der Waals surface area contributed by atoms with Crippen molar-refractivity contribution < 1.29 is 0 Å². The number of aromatic nitrogens is 2. The molecular weight excluding hydrogens is 1050 g/mol. The molecule has 14 aromatic carbocycles. The molecule has 0 N–H and O–H groups in total. The molecule has 0 fully saturated rings. The number of benzene rings is 14. The van der Waals surface area contributed by atoms with Gasteiger partial charge in [0.05, 0.1) is 27.8 Å². The lowest BCUT2D eigenvalue weighted by Gasteiger charge is -2.33. The van der Waals surface area contributed by atoms with Crippen LogP contribution in [0.3, 0.4) is 0 Å². The van der Waals surface area contributed by atoms with Crippen LogP contribution in [-0.4, -0.2) is 9.13 Å². The summed E-state index contributed by atoms with van der Waals surface area (Å²) < 4.78 is 4.98. The zero-order valence-corrected chi connectivity index (χ0v) is 47.9. The fourth-order valence-corrected chi connectivity index (χ4v) is 15.3. The summed E-state index contributed by atoms with van der Waals surface area (Å²) in [5.74, 6) is 0. The van der Waals surface area contributed by atoms with Gasteiger partial charge in [0, 0.05) is 60.8 Å². The summed E-state index contributed by atoms with van der Waals surface area (Å²) in [5, 5.41) is 7.47. The zero-order valence-electron chi connectivity index (χ0n) is 47.9. The molecule has 1 aliphatic carbocycles. The summed E-state index contributed by atoms with van der Waals surface area (Å²) in [5.41, 5.74) is 28.6. The Morgan fingerprint density at radius 3 is 1.54 bits per heavy atom. The van der Waals surface area contributed by atoms with E-state index in [1.54, 1.807) is 0 Å². The Kier molecular flexibility index (Phi) is 10.8. The SMILES string of the molecule is CC1(c2ccccc2-c2ccccc2)c2cccc3c2-c2c1c(-c1ccc(-c4cccc(N(c5cccc(-c6cccc7ccccc67)c5)c5cccc(-n6c7ccccc7c7ccccc76)c5)c4)cc1)cc1c4ccccc4n(c21)-c1ccccc1-3. The van der Waals surface area contributed by atoms with Crippen LogP contribution < -0.4 is 4.90 Å². The van der Waals surface area contributed by atoms with Crippen molar-refractivity contribution in [2.45, 2.75) is 12.3 Å². The van der Waals surface area contributed by atoms with Crippen LogP contribution >= 0.6 is 0 Å². The Hall–Kier alpha value is -11.3. The van der Waals surface area contributed by atoms with Gasteiger partial charge in [0.15, 0.2) is 0 Å². The van der Waals surface area contributed by atoms with Gasteiger partial charge in [-0.2, -0.15) is 0 Å². The minimum atomic E-state index is -0.537. The molecule has 3 heteroatoms. The number of rotatable bonds is 9. The zero-order chi connectivity index (χ0) is 57.3. The van der Waals surface area contributed by atoms with Crippen molar-refractivity contribution in [2.75, 3.05) is 4.90 Å². The molecule has 3 heterocycles. The van der Waals surface area contributed by atoms with Crippen LogP contribution in [0, 0.1) is 0 Å². The minimum absolute atomic E-state index is 0.537. The Morgan fingerprint density at radius 2 is 0.782 bits per heavy atom. The standard InChI is InChI=1S/C84H55N3/c1-84(74-40-12-7-33-66(74)56-22-3-2-4-23-56)75-41-21-39-71-69-36-10-15-44-78(69)87-79-45-16-11-37-70(79)73-53-72(82(84)81(80(71)75)83(73)87)57-48-46-54(47-49-57)58-26-17-28-60(50-58)85(61-29-18-27-59(51-61)65-38-19-25-55-24-5-6-32-64(55)65)62-30-20-31-63(52-62)86-76-42-13-8-34-67(76)68-35-9-14-43-77(68)86/h2-53H,1H3. The number of hydrogen-bond donors (Lipinski definition) is 0. The maximum atomic E-state index is 2.57. The highest BCUT2D eigenvalue weighted by molar-refractivity contribution is 6.21. The third-order valence-corrected chi connectivity index (χ3v) is 19.1. The highest BCUT2D eigenvalue weighted by atomic mass is 15.1. The topological polar surface area (TPSA) is 13.1 Å². The first-order valence-electron chi connectivity index (χ1n) is 30.2. The van der Waals surface area contributed by atoms with Crippen LogP contribution in [0.25, 0.3) is 133 Å². The van der Waals surface area contributed by atoms with Crippen molar-refractivity contribution >= 4 is 71.4 Å². The third-order valence-electron chi connectivity index (χ3n) is 19.1. The molecule has 406 valence electrons. The van der Waals surface area contributed by atoms with Gasteiger partial charge in [-0.3, -0.25) is 0 Å². The second-order valence-electron chi connectivity index (χ2n) is 23.6. The van der Waals surface area contributed by atoms with Crippen molar-refractivity contribution in [3.63, 3.8) is 0 Å². The highest BCUT2D eigenvalue weighted by Gasteiger charge is 2.47. The fourth-order valence-electron chi connectivity index (χ4n) is 15.3. The van der Waals surface area contributed by atoms with Crippen molar-refractivity contribution in [3.8, 4) is 78.1 Å². The number of para-hydroxylation sites is 4. The summed E-state index contributed by atoms with van der Waals surface area (Å²) in [4.78, 5) is 2.43. The number of anilines is 3.